The number of hydrogen-bond acceptors (Lipinski definition) is 4. The molecule has 1 aromatic carbocycles. The molecule has 1 N–H and O–H groups in total. The topological polar surface area (TPSA) is 51.0 Å². The largest absolute Gasteiger partial charge is 0.423 e. The van der Waals surface area contributed by atoms with Crippen LogP contribution in [0.2, 0.25) is 0 Å². The van der Waals surface area contributed by atoms with Gasteiger partial charge < -0.3 is 9.73 Å². The van der Waals surface area contributed by atoms with E-state index in [1.54, 1.807) is 0 Å². The summed E-state index contributed by atoms with van der Waals surface area (Å²) in [7, 11) is 0. The van der Waals surface area contributed by atoms with Gasteiger partial charge in [0.1, 0.15) is 0 Å². The van der Waals surface area contributed by atoms with Crippen LogP contribution in [0.25, 0.3) is 11.5 Å². The van der Waals surface area contributed by atoms with Crippen LogP contribution < -0.4 is 5.32 Å². The van der Waals surface area contributed by atoms with Crippen molar-refractivity contribution < 1.29 is 4.42 Å². The van der Waals surface area contributed by atoms with E-state index in [9.17, 15) is 0 Å². The van der Waals surface area contributed by atoms with Gasteiger partial charge >= 0.3 is 0 Å². The van der Waals surface area contributed by atoms with Gasteiger partial charge in [-0.05, 0) is 43.5 Å². The van der Waals surface area contributed by atoms with Gasteiger partial charge in [-0.25, -0.2) is 0 Å². The molecule has 1 atom stereocenters. The van der Waals surface area contributed by atoms with Crippen molar-refractivity contribution in [2.75, 3.05) is 5.32 Å². The summed E-state index contributed by atoms with van der Waals surface area (Å²) in [5, 5.41) is 11.1. The maximum absolute atomic E-state index is 5.16. The second kappa shape index (κ2) is 4.80. The lowest BCUT2D eigenvalue weighted by molar-refractivity contribution is 0.568. The Balaban J connectivity index is 1.63. The maximum atomic E-state index is 5.16. The molecule has 1 heterocycles. The third-order valence-electron chi connectivity index (χ3n) is 3.29. The summed E-state index contributed by atoms with van der Waals surface area (Å²) >= 11 is 0. The molecular weight excluding hydrogens is 226 g/mol. The zero-order valence-corrected chi connectivity index (χ0v) is 10.5. The van der Waals surface area contributed by atoms with Crippen molar-refractivity contribution in [1.29, 1.82) is 0 Å². The standard InChI is InChI=1S/C14H17N3O/c1-10(8-11-2-3-11)16-13-6-4-12(5-7-13)14-17-15-9-18-14/h4-7,9-11,16H,2-3,8H2,1H3. The molecule has 0 amide bonds. The molecule has 3 rings (SSSR count). The summed E-state index contributed by atoms with van der Waals surface area (Å²) in [4.78, 5) is 0. The molecule has 4 heteroatoms. The minimum absolute atomic E-state index is 0.534. The number of nitrogens with zero attached hydrogens (tertiary/aromatic N) is 2. The Morgan fingerprint density at radius 3 is 2.72 bits per heavy atom. The smallest absolute Gasteiger partial charge is 0.247 e. The molecular formula is C14H17N3O. The van der Waals surface area contributed by atoms with E-state index in [0.717, 1.165) is 17.2 Å². The summed E-state index contributed by atoms with van der Waals surface area (Å²) in [6.45, 7) is 2.24. The van der Waals surface area contributed by atoms with Crippen LogP contribution in [0.3, 0.4) is 0 Å². The first-order chi connectivity index (χ1) is 8.81. The molecule has 4 nitrogen and oxygen atoms in total. The highest BCUT2D eigenvalue weighted by Gasteiger charge is 2.23. The van der Waals surface area contributed by atoms with Gasteiger partial charge in [-0.15, -0.1) is 10.2 Å². The number of anilines is 1. The number of nitrogens with one attached hydrogen (secondary N) is 1. The number of hydrogen-bond donors (Lipinski definition) is 1. The highest BCUT2D eigenvalue weighted by atomic mass is 16.4. The second-order valence-corrected chi connectivity index (χ2v) is 5.05. The van der Waals surface area contributed by atoms with Crippen molar-refractivity contribution in [3.63, 3.8) is 0 Å². The molecule has 1 aliphatic rings. The molecule has 1 fully saturated rings. The van der Waals surface area contributed by atoms with Gasteiger partial charge in [0.05, 0.1) is 0 Å². The fourth-order valence-corrected chi connectivity index (χ4v) is 2.20. The normalized spacial score (nSPS) is 16.5. The predicted octanol–water partition coefficient (Wildman–Crippen LogP) is 3.34. The third-order valence-corrected chi connectivity index (χ3v) is 3.29. The van der Waals surface area contributed by atoms with Crippen LogP contribution in [-0.4, -0.2) is 16.2 Å². The summed E-state index contributed by atoms with van der Waals surface area (Å²) in [6.07, 6.45) is 5.43. The Morgan fingerprint density at radius 2 is 2.11 bits per heavy atom. The second-order valence-electron chi connectivity index (χ2n) is 5.05. The van der Waals surface area contributed by atoms with Crippen molar-refractivity contribution in [2.45, 2.75) is 32.2 Å². The third kappa shape index (κ3) is 2.70. The highest BCUT2D eigenvalue weighted by Crippen LogP contribution is 2.34. The van der Waals surface area contributed by atoms with Crippen LogP contribution in [0.4, 0.5) is 5.69 Å². The Bertz CT molecular complexity index is 488. The van der Waals surface area contributed by atoms with Crippen LogP contribution >= 0.6 is 0 Å². The first-order valence-corrected chi connectivity index (χ1v) is 6.44. The highest BCUT2D eigenvalue weighted by molar-refractivity contribution is 5.58. The molecule has 1 unspecified atom stereocenters. The van der Waals surface area contributed by atoms with Crippen molar-refractivity contribution >= 4 is 5.69 Å². The van der Waals surface area contributed by atoms with Crippen molar-refractivity contribution in [3.05, 3.63) is 30.7 Å². The molecule has 18 heavy (non-hydrogen) atoms. The average Bonchev–Trinajstić information content (AvgIpc) is 3.01. The van der Waals surface area contributed by atoms with E-state index in [-0.39, 0.29) is 0 Å². The first-order valence-electron chi connectivity index (χ1n) is 6.44. The Kier molecular flexibility index (Phi) is 3.00. The van der Waals surface area contributed by atoms with Gasteiger partial charge in [0.15, 0.2) is 0 Å². The van der Waals surface area contributed by atoms with Crippen LogP contribution in [-0.2, 0) is 0 Å². The Hall–Kier alpha value is -1.84. The molecule has 1 aliphatic carbocycles. The molecule has 2 aromatic rings. The minimum atomic E-state index is 0.534. The summed E-state index contributed by atoms with van der Waals surface area (Å²) in [5.41, 5.74) is 2.10. The minimum Gasteiger partial charge on any atom is -0.423 e. The molecule has 0 radical (unpaired) electrons. The van der Waals surface area contributed by atoms with Gasteiger partial charge in [-0.1, -0.05) is 12.8 Å². The SMILES string of the molecule is CC(CC1CC1)Nc1ccc(-c2nnco2)cc1. The fourth-order valence-electron chi connectivity index (χ4n) is 2.20. The first kappa shape index (κ1) is 11.3. The van der Waals surface area contributed by atoms with Crippen LogP contribution in [0.1, 0.15) is 26.2 Å². The van der Waals surface area contributed by atoms with E-state index in [1.807, 2.05) is 12.1 Å². The lowest BCUT2D eigenvalue weighted by Gasteiger charge is -2.14. The quantitative estimate of drug-likeness (QED) is 0.875. The van der Waals surface area contributed by atoms with Crippen LogP contribution in [0.5, 0.6) is 0 Å². The van der Waals surface area contributed by atoms with Crippen molar-refractivity contribution in [2.24, 2.45) is 5.92 Å². The van der Waals surface area contributed by atoms with E-state index in [0.29, 0.717) is 11.9 Å². The van der Waals surface area contributed by atoms with Crippen LogP contribution in [0, 0.1) is 5.92 Å². The molecule has 1 saturated carbocycles. The lowest BCUT2D eigenvalue weighted by atomic mass is 10.1. The van der Waals surface area contributed by atoms with E-state index in [2.05, 4.69) is 34.6 Å². The molecule has 0 bridgehead atoms. The molecule has 94 valence electrons. The fraction of sp³-hybridized carbons (Fsp3) is 0.429. The Labute approximate surface area is 106 Å². The van der Waals surface area contributed by atoms with Crippen LogP contribution in [0.15, 0.2) is 35.1 Å². The summed E-state index contributed by atoms with van der Waals surface area (Å²) in [5.74, 6) is 1.51. The van der Waals surface area contributed by atoms with Crippen molar-refractivity contribution in [1.82, 2.24) is 10.2 Å². The monoisotopic (exact) mass is 243 g/mol. The Morgan fingerprint density at radius 1 is 1.33 bits per heavy atom. The number of benzene rings is 1. The molecule has 0 saturated heterocycles. The van der Waals surface area contributed by atoms with Crippen molar-refractivity contribution in [3.8, 4) is 11.5 Å². The zero-order chi connectivity index (χ0) is 12.4. The molecule has 0 spiro atoms. The average molecular weight is 243 g/mol. The lowest BCUT2D eigenvalue weighted by Crippen LogP contribution is -2.15. The summed E-state index contributed by atoms with van der Waals surface area (Å²) in [6, 6.07) is 8.65. The van der Waals surface area contributed by atoms with E-state index < -0.39 is 0 Å². The molecule has 1 aromatic heterocycles. The molecule has 0 aliphatic heterocycles. The van der Waals surface area contributed by atoms with Gasteiger partial charge in [-0.2, -0.15) is 0 Å². The van der Waals surface area contributed by atoms with E-state index >= 15 is 0 Å². The maximum Gasteiger partial charge on any atom is 0.247 e. The van der Waals surface area contributed by atoms with E-state index in [1.165, 1.54) is 25.7 Å². The zero-order valence-electron chi connectivity index (χ0n) is 10.5. The van der Waals surface area contributed by atoms with E-state index in [4.69, 9.17) is 4.42 Å². The predicted molar refractivity (Wildman–Crippen MR) is 70.2 cm³/mol. The van der Waals surface area contributed by atoms with Gasteiger partial charge in [0.2, 0.25) is 12.3 Å². The van der Waals surface area contributed by atoms with Gasteiger partial charge in [-0.3, -0.25) is 0 Å². The van der Waals surface area contributed by atoms with Gasteiger partial charge in [0.25, 0.3) is 0 Å². The number of rotatable bonds is 5. The number of aromatic nitrogens is 2. The van der Waals surface area contributed by atoms with Gasteiger partial charge in [0, 0.05) is 17.3 Å². The summed E-state index contributed by atoms with van der Waals surface area (Å²) < 4.78 is 5.16.